The van der Waals surface area contributed by atoms with Gasteiger partial charge in [0.25, 0.3) is 0 Å². The standard InChI is InChI=1S/C15H17N3O3/c1-10-7-13(14(20)21)18-15(16-10)17-12(9-19)8-11-5-3-2-4-6-11/h2-7,12,19H,8-9H2,1H3,(H,20,21)(H,16,17,18). The Kier molecular flexibility index (Phi) is 4.84. The summed E-state index contributed by atoms with van der Waals surface area (Å²) in [5, 5.41) is 21.4. The molecule has 1 atom stereocenters. The molecule has 0 aliphatic rings. The highest BCUT2D eigenvalue weighted by atomic mass is 16.4. The Balaban J connectivity index is 2.13. The molecule has 0 aliphatic heterocycles. The summed E-state index contributed by atoms with van der Waals surface area (Å²) in [5.41, 5.74) is 1.55. The van der Waals surface area contributed by atoms with E-state index in [9.17, 15) is 9.90 Å². The van der Waals surface area contributed by atoms with Crippen LogP contribution in [-0.4, -0.2) is 38.8 Å². The minimum Gasteiger partial charge on any atom is -0.477 e. The molecule has 0 saturated heterocycles. The highest BCUT2D eigenvalue weighted by Gasteiger charge is 2.13. The number of carboxylic acids is 1. The predicted octanol–water partition coefficient (Wildman–Crippen LogP) is 1.50. The van der Waals surface area contributed by atoms with Crippen LogP contribution in [-0.2, 0) is 6.42 Å². The topological polar surface area (TPSA) is 95.3 Å². The van der Waals surface area contributed by atoms with Crippen LogP contribution >= 0.6 is 0 Å². The van der Waals surface area contributed by atoms with Crippen LogP contribution in [0, 0.1) is 6.92 Å². The van der Waals surface area contributed by atoms with Gasteiger partial charge in [0.2, 0.25) is 5.95 Å². The van der Waals surface area contributed by atoms with Crippen molar-refractivity contribution in [3.05, 3.63) is 53.3 Å². The number of hydrogen-bond donors (Lipinski definition) is 3. The maximum absolute atomic E-state index is 11.0. The molecule has 6 nitrogen and oxygen atoms in total. The minimum atomic E-state index is -1.10. The van der Waals surface area contributed by atoms with Gasteiger partial charge in [-0.1, -0.05) is 30.3 Å². The molecule has 0 radical (unpaired) electrons. The number of aromatic nitrogens is 2. The summed E-state index contributed by atoms with van der Waals surface area (Å²) in [6.07, 6.45) is 0.594. The second kappa shape index (κ2) is 6.81. The van der Waals surface area contributed by atoms with E-state index in [2.05, 4.69) is 15.3 Å². The van der Waals surface area contributed by atoms with Gasteiger partial charge in [0.05, 0.1) is 12.6 Å². The van der Waals surface area contributed by atoms with Gasteiger partial charge in [-0.15, -0.1) is 0 Å². The first-order valence-corrected chi connectivity index (χ1v) is 6.59. The number of nitrogens with one attached hydrogen (secondary N) is 1. The average Bonchev–Trinajstić information content (AvgIpc) is 2.47. The van der Waals surface area contributed by atoms with Gasteiger partial charge in [-0.05, 0) is 25.0 Å². The number of nitrogens with zero attached hydrogens (tertiary/aromatic N) is 2. The molecular weight excluding hydrogens is 270 g/mol. The molecule has 0 aliphatic carbocycles. The highest BCUT2D eigenvalue weighted by molar-refractivity contribution is 5.85. The first-order chi connectivity index (χ1) is 10.1. The van der Waals surface area contributed by atoms with E-state index in [0.29, 0.717) is 12.1 Å². The van der Waals surface area contributed by atoms with Crippen molar-refractivity contribution in [3.63, 3.8) is 0 Å². The molecule has 110 valence electrons. The zero-order valence-corrected chi connectivity index (χ0v) is 11.7. The number of hydrogen-bond acceptors (Lipinski definition) is 5. The van der Waals surface area contributed by atoms with E-state index < -0.39 is 5.97 Å². The molecule has 0 saturated carbocycles. The molecule has 0 fully saturated rings. The number of carbonyl (C=O) groups is 1. The largest absolute Gasteiger partial charge is 0.477 e. The van der Waals surface area contributed by atoms with Crippen molar-refractivity contribution in [2.24, 2.45) is 0 Å². The van der Waals surface area contributed by atoms with Gasteiger partial charge >= 0.3 is 5.97 Å². The third-order valence-electron chi connectivity index (χ3n) is 2.95. The number of aromatic carboxylic acids is 1. The van der Waals surface area contributed by atoms with Gasteiger partial charge in [0.1, 0.15) is 0 Å². The fourth-order valence-corrected chi connectivity index (χ4v) is 1.99. The summed E-state index contributed by atoms with van der Waals surface area (Å²) in [6.45, 7) is 1.60. The van der Waals surface area contributed by atoms with Gasteiger partial charge in [-0.3, -0.25) is 0 Å². The molecule has 0 bridgehead atoms. The zero-order valence-electron chi connectivity index (χ0n) is 11.7. The van der Waals surface area contributed by atoms with Crippen LogP contribution in [0.4, 0.5) is 5.95 Å². The molecule has 6 heteroatoms. The Labute approximate surface area is 122 Å². The second-order valence-electron chi connectivity index (χ2n) is 4.74. The van der Waals surface area contributed by atoms with E-state index in [1.54, 1.807) is 6.92 Å². The van der Waals surface area contributed by atoms with Gasteiger partial charge < -0.3 is 15.5 Å². The van der Waals surface area contributed by atoms with E-state index in [0.717, 1.165) is 5.56 Å². The lowest BCUT2D eigenvalue weighted by molar-refractivity contribution is 0.0690. The van der Waals surface area contributed by atoms with Crippen LogP contribution in [0.5, 0.6) is 0 Å². The molecule has 3 N–H and O–H groups in total. The average molecular weight is 287 g/mol. The number of benzene rings is 1. The molecular formula is C15H17N3O3. The van der Waals surface area contributed by atoms with Crippen molar-refractivity contribution < 1.29 is 15.0 Å². The molecule has 1 aromatic carbocycles. The quantitative estimate of drug-likeness (QED) is 0.745. The van der Waals surface area contributed by atoms with Gasteiger partial charge in [-0.2, -0.15) is 0 Å². The SMILES string of the molecule is Cc1cc(C(=O)O)nc(NC(CO)Cc2ccccc2)n1. The number of aliphatic hydroxyl groups excluding tert-OH is 1. The molecule has 2 rings (SSSR count). The maximum atomic E-state index is 11.0. The van der Waals surface area contributed by atoms with Crippen LogP contribution in [0.3, 0.4) is 0 Å². The summed E-state index contributed by atoms with van der Waals surface area (Å²) in [6, 6.07) is 10.8. The van der Waals surface area contributed by atoms with Crippen molar-refractivity contribution >= 4 is 11.9 Å². The van der Waals surface area contributed by atoms with Gasteiger partial charge in [0.15, 0.2) is 5.69 Å². The summed E-state index contributed by atoms with van der Waals surface area (Å²) < 4.78 is 0. The predicted molar refractivity (Wildman–Crippen MR) is 78.4 cm³/mol. The highest BCUT2D eigenvalue weighted by Crippen LogP contribution is 2.10. The van der Waals surface area contributed by atoms with Crippen molar-refractivity contribution in [2.45, 2.75) is 19.4 Å². The van der Waals surface area contributed by atoms with E-state index in [1.807, 2.05) is 30.3 Å². The Morgan fingerprint density at radius 1 is 1.29 bits per heavy atom. The Morgan fingerprint density at radius 2 is 2.00 bits per heavy atom. The van der Waals surface area contributed by atoms with E-state index in [4.69, 9.17) is 5.11 Å². The Bertz CT molecular complexity index is 617. The van der Waals surface area contributed by atoms with E-state index in [-0.39, 0.29) is 24.3 Å². The normalized spacial score (nSPS) is 11.9. The van der Waals surface area contributed by atoms with Crippen LogP contribution in [0.15, 0.2) is 36.4 Å². The Hall–Kier alpha value is -2.47. The number of aliphatic hydroxyl groups is 1. The first-order valence-electron chi connectivity index (χ1n) is 6.59. The molecule has 2 aromatic rings. The molecule has 1 unspecified atom stereocenters. The number of carboxylic acid groups (broad SMARTS) is 1. The van der Waals surface area contributed by atoms with Gasteiger partial charge in [0, 0.05) is 5.69 Å². The van der Waals surface area contributed by atoms with Crippen LogP contribution in [0.2, 0.25) is 0 Å². The lowest BCUT2D eigenvalue weighted by atomic mass is 10.1. The minimum absolute atomic E-state index is 0.0681. The summed E-state index contributed by atoms with van der Waals surface area (Å²) in [7, 11) is 0. The van der Waals surface area contributed by atoms with Crippen LogP contribution in [0.1, 0.15) is 21.7 Å². The summed E-state index contributed by atoms with van der Waals surface area (Å²) in [4.78, 5) is 19.1. The van der Waals surface area contributed by atoms with E-state index in [1.165, 1.54) is 6.07 Å². The lowest BCUT2D eigenvalue weighted by Gasteiger charge is -2.16. The maximum Gasteiger partial charge on any atom is 0.354 e. The van der Waals surface area contributed by atoms with Crippen molar-refractivity contribution in [1.82, 2.24) is 9.97 Å². The second-order valence-corrected chi connectivity index (χ2v) is 4.74. The molecule has 0 amide bonds. The fraction of sp³-hybridized carbons (Fsp3) is 0.267. The van der Waals surface area contributed by atoms with Crippen LogP contribution < -0.4 is 5.32 Å². The fourth-order valence-electron chi connectivity index (χ4n) is 1.99. The summed E-state index contributed by atoms with van der Waals surface area (Å²) in [5.74, 6) is -0.894. The number of aryl methyl sites for hydroxylation is 1. The van der Waals surface area contributed by atoms with Crippen molar-refractivity contribution in [3.8, 4) is 0 Å². The summed E-state index contributed by atoms with van der Waals surface area (Å²) >= 11 is 0. The monoisotopic (exact) mass is 287 g/mol. The smallest absolute Gasteiger partial charge is 0.354 e. The number of rotatable bonds is 6. The third kappa shape index (κ3) is 4.25. The van der Waals surface area contributed by atoms with Gasteiger partial charge in [-0.25, -0.2) is 14.8 Å². The molecule has 1 heterocycles. The van der Waals surface area contributed by atoms with Crippen LogP contribution in [0.25, 0.3) is 0 Å². The number of anilines is 1. The zero-order chi connectivity index (χ0) is 15.2. The molecule has 21 heavy (non-hydrogen) atoms. The Morgan fingerprint density at radius 3 is 2.62 bits per heavy atom. The van der Waals surface area contributed by atoms with Crippen molar-refractivity contribution in [1.29, 1.82) is 0 Å². The van der Waals surface area contributed by atoms with Crippen molar-refractivity contribution in [2.75, 3.05) is 11.9 Å². The third-order valence-corrected chi connectivity index (χ3v) is 2.95. The molecule has 0 spiro atoms. The first kappa shape index (κ1) is 14.9. The lowest BCUT2D eigenvalue weighted by Crippen LogP contribution is -2.28. The molecule has 1 aromatic heterocycles. The van der Waals surface area contributed by atoms with E-state index >= 15 is 0 Å².